The van der Waals surface area contributed by atoms with Crippen LogP contribution in [0.2, 0.25) is 0 Å². The van der Waals surface area contributed by atoms with Gasteiger partial charge in [-0.05, 0) is 0 Å². The fourth-order valence-corrected chi connectivity index (χ4v) is 2.18. The molecule has 4 heteroatoms. The predicted molar refractivity (Wildman–Crippen MR) is 74.6 cm³/mol. The lowest BCUT2D eigenvalue weighted by Crippen LogP contribution is -1.88. The van der Waals surface area contributed by atoms with Gasteiger partial charge in [0.2, 0.25) is 0 Å². The van der Waals surface area contributed by atoms with Gasteiger partial charge in [-0.2, -0.15) is 5.10 Å². The summed E-state index contributed by atoms with van der Waals surface area (Å²) in [5.74, 6) is 1.49. The highest BCUT2D eigenvalue weighted by Crippen LogP contribution is 2.36. The Hall–Kier alpha value is -2.49. The molecule has 0 aliphatic rings. The van der Waals surface area contributed by atoms with Gasteiger partial charge in [-0.25, -0.2) is 0 Å². The minimum absolute atomic E-state index is 0.743. The molecule has 0 unspecified atom stereocenters. The van der Waals surface area contributed by atoms with E-state index in [1.807, 2.05) is 42.5 Å². The Bertz CT molecular complexity index is 705. The first-order chi connectivity index (χ1) is 9.33. The number of nitrogens with one attached hydrogen (secondary N) is 1. The Balaban J connectivity index is 2.28. The Kier molecular flexibility index (Phi) is 2.83. The van der Waals surface area contributed by atoms with Gasteiger partial charge in [-0.15, -0.1) is 0 Å². The van der Waals surface area contributed by atoms with E-state index in [9.17, 15) is 0 Å². The number of benzene rings is 2. The Morgan fingerprint density at radius 1 is 1.00 bits per heavy atom. The van der Waals surface area contributed by atoms with Crippen molar-refractivity contribution in [2.75, 3.05) is 14.2 Å². The summed E-state index contributed by atoms with van der Waals surface area (Å²) in [6, 6.07) is 13.8. The number of H-pyrrole nitrogens is 1. The molecule has 4 nitrogen and oxygen atoms in total. The lowest BCUT2D eigenvalue weighted by Gasteiger charge is -2.06. The van der Waals surface area contributed by atoms with Crippen molar-refractivity contribution in [1.82, 2.24) is 10.2 Å². The number of methoxy groups -OCH3 is 2. The zero-order chi connectivity index (χ0) is 13.2. The second-order valence-electron chi connectivity index (χ2n) is 4.19. The molecule has 0 amide bonds. The van der Waals surface area contributed by atoms with E-state index in [2.05, 4.69) is 10.2 Å². The second kappa shape index (κ2) is 4.65. The maximum atomic E-state index is 5.45. The van der Waals surface area contributed by atoms with Gasteiger partial charge in [0.25, 0.3) is 0 Å². The summed E-state index contributed by atoms with van der Waals surface area (Å²) in [6.45, 7) is 0. The summed E-state index contributed by atoms with van der Waals surface area (Å²) in [4.78, 5) is 0. The van der Waals surface area contributed by atoms with Gasteiger partial charge in [0.1, 0.15) is 17.2 Å². The van der Waals surface area contributed by atoms with E-state index in [4.69, 9.17) is 9.47 Å². The highest BCUT2D eigenvalue weighted by atomic mass is 16.5. The number of aromatic amines is 1. The van der Waals surface area contributed by atoms with Gasteiger partial charge in [-0.1, -0.05) is 30.3 Å². The van der Waals surface area contributed by atoms with Crippen molar-refractivity contribution in [3.8, 4) is 22.8 Å². The van der Waals surface area contributed by atoms with Crippen LogP contribution in [0.3, 0.4) is 0 Å². The number of nitrogens with zero attached hydrogens (tertiary/aromatic N) is 1. The Labute approximate surface area is 111 Å². The van der Waals surface area contributed by atoms with Crippen molar-refractivity contribution in [2.45, 2.75) is 0 Å². The van der Waals surface area contributed by atoms with Crippen LogP contribution in [-0.4, -0.2) is 24.4 Å². The summed E-state index contributed by atoms with van der Waals surface area (Å²) in [6.07, 6.45) is 0. The first-order valence-corrected chi connectivity index (χ1v) is 5.99. The molecule has 96 valence electrons. The van der Waals surface area contributed by atoms with Gasteiger partial charge in [0.05, 0.1) is 25.1 Å². The van der Waals surface area contributed by atoms with E-state index in [1.54, 1.807) is 14.2 Å². The molecule has 3 rings (SSSR count). The SMILES string of the molecule is COc1cc(OC)c2c(-c3ccccc3)n[nH]c2c1. The van der Waals surface area contributed by atoms with Crippen molar-refractivity contribution in [3.63, 3.8) is 0 Å². The number of hydrogen-bond donors (Lipinski definition) is 1. The lowest BCUT2D eigenvalue weighted by molar-refractivity contribution is 0.398. The number of aromatic nitrogens is 2. The minimum Gasteiger partial charge on any atom is -0.497 e. The Morgan fingerprint density at radius 3 is 2.47 bits per heavy atom. The third kappa shape index (κ3) is 1.91. The molecular weight excluding hydrogens is 240 g/mol. The molecule has 19 heavy (non-hydrogen) atoms. The quantitative estimate of drug-likeness (QED) is 0.780. The van der Waals surface area contributed by atoms with Crippen LogP contribution in [0.25, 0.3) is 22.2 Å². The molecule has 0 spiro atoms. The maximum Gasteiger partial charge on any atom is 0.134 e. The zero-order valence-corrected chi connectivity index (χ0v) is 10.8. The number of rotatable bonds is 3. The normalized spacial score (nSPS) is 10.6. The van der Waals surface area contributed by atoms with Crippen molar-refractivity contribution >= 4 is 10.9 Å². The van der Waals surface area contributed by atoms with Crippen molar-refractivity contribution < 1.29 is 9.47 Å². The molecule has 0 saturated carbocycles. The van der Waals surface area contributed by atoms with E-state index in [0.717, 1.165) is 33.7 Å². The number of hydrogen-bond acceptors (Lipinski definition) is 3. The van der Waals surface area contributed by atoms with Crippen LogP contribution in [0.1, 0.15) is 0 Å². The molecule has 1 N–H and O–H groups in total. The molecule has 0 bridgehead atoms. The van der Waals surface area contributed by atoms with Gasteiger partial charge < -0.3 is 9.47 Å². The monoisotopic (exact) mass is 254 g/mol. The number of fused-ring (bicyclic) bond motifs is 1. The first-order valence-electron chi connectivity index (χ1n) is 5.99. The second-order valence-corrected chi connectivity index (χ2v) is 4.19. The van der Waals surface area contributed by atoms with Crippen LogP contribution in [0.5, 0.6) is 11.5 Å². The summed E-state index contributed by atoms with van der Waals surface area (Å²) in [7, 11) is 3.28. The zero-order valence-electron chi connectivity index (χ0n) is 10.8. The van der Waals surface area contributed by atoms with Crippen LogP contribution in [0.4, 0.5) is 0 Å². The van der Waals surface area contributed by atoms with Crippen LogP contribution in [0.15, 0.2) is 42.5 Å². The van der Waals surface area contributed by atoms with Gasteiger partial charge >= 0.3 is 0 Å². The highest BCUT2D eigenvalue weighted by Gasteiger charge is 2.14. The smallest absolute Gasteiger partial charge is 0.134 e. The molecule has 0 saturated heterocycles. The summed E-state index contributed by atoms with van der Waals surface area (Å²) >= 11 is 0. The van der Waals surface area contributed by atoms with Crippen molar-refractivity contribution in [3.05, 3.63) is 42.5 Å². The molecule has 0 fully saturated rings. The third-order valence-electron chi connectivity index (χ3n) is 3.10. The van der Waals surface area contributed by atoms with Crippen LogP contribution in [0, 0.1) is 0 Å². The highest BCUT2D eigenvalue weighted by molar-refractivity contribution is 5.98. The largest absolute Gasteiger partial charge is 0.497 e. The van der Waals surface area contributed by atoms with Gasteiger partial charge in [0, 0.05) is 17.7 Å². The van der Waals surface area contributed by atoms with Crippen molar-refractivity contribution in [1.29, 1.82) is 0 Å². The van der Waals surface area contributed by atoms with E-state index >= 15 is 0 Å². The van der Waals surface area contributed by atoms with Crippen molar-refractivity contribution in [2.24, 2.45) is 0 Å². The minimum atomic E-state index is 0.743. The molecule has 1 aromatic heterocycles. The van der Waals surface area contributed by atoms with E-state index in [1.165, 1.54) is 0 Å². The average Bonchev–Trinajstić information content (AvgIpc) is 2.91. The molecule has 3 aromatic rings. The van der Waals surface area contributed by atoms with E-state index in [-0.39, 0.29) is 0 Å². The molecule has 0 aliphatic heterocycles. The topological polar surface area (TPSA) is 47.1 Å². The molecule has 2 aromatic carbocycles. The molecular formula is C15H14N2O2. The van der Waals surface area contributed by atoms with Crippen LogP contribution >= 0.6 is 0 Å². The maximum absolute atomic E-state index is 5.45. The lowest BCUT2D eigenvalue weighted by atomic mass is 10.1. The van der Waals surface area contributed by atoms with Gasteiger partial charge in [0.15, 0.2) is 0 Å². The predicted octanol–water partition coefficient (Wildman–Crippen LogP) is 3.25. The fourth-order valence-electron chi connectivity index (χ4n) is 2.18. The molecule has 1 heterocycles. The fraction of sp³-hybridized carbons (Fsp3) is 0.133. The summed E-state index contributed by atoms with van der Waals surface area (Å²) in [5, 5.41) is 8.38. The van der Waals surface area contributed by atoms with E-state index in [0.29, 0.717) is 0 Å². The first kappa shape index (κ1) is 11.6. The van der Waals surface area contributed by atoms with Gasteiger partial charge in [-0.3, -0.25) is 5.10 Å². The summed E-state index contributed by atoms with van der Waals surface area (Å²) in [5.41, 5.74) is 2.84. The molecule has 0 aliphatic carbocycles. The Morgan fingerprint density at radius 2 is 1.79 bits per heavy atom. The third-order valence-corrected chi connectivity index (χ3v) is 3.10. The summed E-state index contributed by atoms with van der Waals surface area (Å²) < 4.78 is 10.7. The number of ether oxygens (including phenoxy) is 2. The molecule has 0 atom stereocenters. The average molecular weight is 254 g/mol. The standard InChI is InChI=1S/C15H14N2O2/c1-18-11-8-12-14(13(9-11)19-2)15(17-16-12)10-6-4-3-5-7-10/h3-9H,1-2H3,(H,16,17). The van der Waals surface area contributed by atoms with Crippen LogP contribution < -0.4 is 9.47 Å². The van der Waals surface area contributed by atoms with Crippen LogP contribution in [-0.2, 0) is 0 Å². The van der Waals surface area contributed by atoms with E-state index < -0.39 is 0 Å². The molecule has 0 radical (unpaired) electrons.